The van der Waals surface area contributed by atoms with Crippen molar-refractivity contribution in [3.63, 3.8) is 0 Å². The number of carbonyl (C=O) groups excluding carboxylic acids is 5. The molecule has 0 aliphatic heterocycles. The molecule has 0 radical (unpaired) electrons. The van der Waals surface area contributed by atoms with Gasteiger partial charge in [0.05, 0.1) is 34.3 Å². The maximum Gasteiger partial charge on any atom is 0.364 e. The van der Waals surface area contributed by atoms with Crippen molar-refractivity contribution in [2.75, 3.05) is 74.4 Å². The second kappa shape index (κ2) is 25.9. The van der Waals surface area contributed by atoms with E-state index in [0.29, 0.717) is 36.8 Å². The predicted molar refractivity (Wildman–Crippen MR) is 180 cm³/mol. The number of rotatable bonds is 28. The van der Waals surface area contributed by atoms with E-state index >= 15 is 0 Å². The van der Waals surface area contributed by atoms with Gasteiger partial charge in [0.1, 0.15) is 32.4 Å². The lowest BCUT2D eigenvalue weighted by Crippen LogP contribution is -2.47. The lowest BCUT2D eigenvalue weighted by molar-refractivity contribution is -0.883. The Balaban J connectivity index is 4.21. The van der Waals surface area contributed by atoms with E-state index in [1.807, 2.05) is 40.3 Å². The first-order valence-corrected chi connectivity index (χ1v) is 17.3. The molecule has 2 unspecified atom stereocenters. The van der Waals surface area contributed by atoms with Crippen molar-refractivity contribution < 1.29 is 61.7 Å². The summed E-state index contributed by atoms with van der Waals surface area (Å²) >= 11 is 0. The number of aliphatic hydroxyl groups excluding tert-OH is 1. The molecule has 48 heavy (non-hydrogen) atoms. The maximum absolute atomic E-state index is 12.7. The zero-order chi connectivity index (χ0) is 36.4. The van der Waals surface area contributed by atoms with Crippen LogP contribution in [0.2, 0.25) is 0 Å². The third-order valence-corrected chi connectivity index (χ3v) is 7.66. The lowest BCUT2D eigenvalue weighted by Gasteiger charge is -2.30. The van der Waals surface area contributed by atoms with Gasteiger partial charge in [0.25, 0.3) is 0 Å². The Bertz CT molecular complexity index is 982. The quantitative estimate of drug-likeness (QED) is 0.0319. The molecule has 13 heteroatoms. The van der Waals surface area contributed by atoms with E-state index in [-0.39, 0.29) is 55.1 Å². The number of hydrogen-bond donors (Lipinski definition) is 1. The molecule has 1 N–H and O–H groups in total. The number of carbonyl (C=O) groups is 5. The van der Waals surface area contributed by atoms with Crippen LogP contribution in [0.5, 0.6) is 0 Å². The van der Waals surface area contributed by atoms with Crippen LogP contribution in [0.4, 0.5) is 0 Å². The van der Waals surface area contributed by atoms with Gasteiger partial charge in [-0.1, -0.05) is 51.2 Å². The van der Waals surface area contributed by atoms with Gasteiger partial charge in [-0.25, -0.2) is 9.59 Å². The van der Waals surface area contributed by atoms with Gasteiger partial charge in [-0.3, -0.25) is 14.4 Å². The Morgan fingerprint density at radius 1 is 0.667 bits per heavy atom. The summed E-state index contributed by atoms with van der Waals surface area (Å²) in [5, 5.41) is 10.8. The molecule has 0 spiro atoms. The maximum atomic E-state index is 12.7. The van der Waals surface area contributed by atoms with Gasteiger partial charge in [-0.05, 0) is 38.5 Å². The Labute approximate surface area is 288 Å². The van der Waals surface area contributed by atoms with Crippen molar-refractivity contribution in [1.82, 2.24) is 0 Å². The van der Waals surface area contributed by atoms with Crippen LogP contribution < -0.4 is 0 Å². The molecule has 0 aliphatic rings. The molecule has 0 saturated carbocycles. The van der Waals surface area contributed by atoms with E-state index < -0.39 is 30.9 Å². The molecule has 0 amide bonds. The average molecular weight is 689 g/mol. The highest BCUT2D eigenvalue weighted by Gasteiger charge is 2.27. The molecular formula is C35H64N2O11+2. The minimum Gasteiger partial charge on any atom is -0.460 e. The van der Waals surface area contributed by atoms with Crippen molar-refractivity contribution >= 4 is 29.8 Å². The number of esters is 5. The highest BCUT2D eigenvalue weighted by molar-refractivity contribution is 5.72. The first-order valence-electron chi connectivity index (χ1n) is 17.3. The normalized spacial score (nSPS) is 13.1. The standard InChI is InChI=1S/C35H64N2O11/c1-8-9-16-20-32(48-35(43)27-37(6,7)23-25-45-30(3)39)31(40)19-17-14-12-10-11-13-15-18-21-33(41)46-28-47-34(42)26-36(4,5)22-24-44-29(2)38/h14,17,31-32,40H,8-13,15-16,18-28H2,1-7H3/q+2/b17-14-. The number of quaternary nitrogens is 2. The van der Waals surface area contributed by atoms with Crippen molar-refractivity contribution in [1.29, 1.82) is 0 Å². The Hall–Kier alpha value is -3.03. The predicted octanol–water partition coefficient (Wildman–Crippen LogP) is 3.84. The minimum absolute atomic E-state index is 0.0594. The summed E-state index contributed by atoms with van der Waals surface area (Å²) in [7, 11) is 7.36. The Morgan fingerprint density at radius 2 is 1.21 bits per heavy atom. The Kier molecular flexibility index (Phi) is 24.3. The number of nitrogens with zero attached hydrogens (tertiary/aromatic N) is 2. The summed E-state index contributed by atoms with van der Waals surface area (Å²) in [6, 6.07) is 0. The number of hydrogen-bond acceptors (Lipinski definition) is 11. The number of unbranched alkanes of at least 4 members (excludes halogenated alkanes) is 7. The fraction of sp³-hybridized carbons (Fsp3) is 0.800. The molecule has 13 nitrogen and oxygen atoms in total. The van der Waals surface area contributed by atoms with Crippen LogP contribution in [0.25, 0.3) is 0 Å². The monoisotopic (exact) mass is 688 g/mol. The van der Waals surface area contributed by atoms with Gasteiger partial charge in [-0.15, -0.1) is 0 Å². The van der Waals surface area contributed by atoms with Gasteiger partial charge in [0, 0.05) is 20.3 Å². The van der Waals surface area contributed by atoms with Crippen molar-refractivity contribution in [2.24, 2.45) is 0 Å². The minimum atomic E-state index is -0.785. The molecule has 0 heterocycles. The van der Waals surface area contributed by atoms with Crippen molar-refractivity contribution in [2.45, 2.75) is 110 Å². The number of likely N-dealkylation sites (N-methyl/N-ethyl adjacent to an activating group) is 2. The van der Waals surface area contributed by atoms with Crippen molar-refractivity contribution in [3.8, 4) is 0 Å². The van der Waals surface area contributed by atoms with Crippen LogP contribution in [-0.2, 0) is 47.7 Å². The van der Waals surface area contributed by atoms with E-state index in [9.17, 15) is 29.1 Å². The molecule has 0 aromatic carbocycles. The molecular weight excluding hydrogens is 624 g/mol. The average Bonchev–Trinajstić information content (AvgIpc) is 2.96. The fourth-order valence-corrected chi connectivity index (χ4v) is 4.71. The summed E-state index contributed by atoms with van der Waals surface area (Å²) in [6.07, 6.45) is 12.2. The molecule has 0 bridgehead atoms. The van der Waals surface area contributed by atoms with Gasteiger partial charge in [0.15, 0.2) is 13.1 Å². The highest BCUT2D eigenvalue weighted by atomic mass is 16.7. The zero-order valence-electron chi connectivity index (χ0n) is 30.7. The second-order valence-corrected chi connectivity index (χ2v) is 13.6. The first-order chi connectivity index (χ1) is 22.6. The van der Waals surface area contributed by atoms with E-state index in [4.69, 9.17) is 23.7 Å². The Morgan fingerprint density at radius 3 is 1.79 bits per heavy atom. The van der Waals surface area contributed by atoms with Crippen LogP contribution in [0.15, 0.2) is 12.2 Å². The molecule has 0 saturated heterocycles. The highest BCUT2D eigenvalue weighted by Crippen LogP contribution is 2.16. The van der Waals surface area contributed by atoms with E-state index in [1.54, 1.807) is 0 Å². The molecule has 0 rings (SSSR count). The van der Waals surface area contributed by atoms with Crippen molar-refractivity contribution in [3.05, 3.63) is 12.2 Å². The molecule has 2 atom stereocenters. The summed E-state index contributed by atoms with van der Waals surface area (Å²) in [5.41, 5.74) is 0. The second-order valence-electron chi connectivity index (χ2n) is 13.6. The van der Waals surface area contributed by atoms with Crippen LogP contribution in [-0.4, -0.2) is 131 Å². The number of allylic oxidation sites excluding steroid dienone is 1. The SMILES string of the molecule is CCCCCC(OC(=O)C[N+](C)(C)CCOC(C)=O)C(O)C/C=C\CCCCCCCC(=O)OCOC(=O)C[N+](C)(C)CCOC(C)=O. The molecule has 0 aromatic rings. The van der Waals surface area contributed by atoms with Crippen LogP contribution >= 0.6 is 0 Å². The van der Waals surface area contributed by atoms with Crippen LogP contribution in [0, 0.1) is 0 Å². The van der Waals surface area contributed by atoms with Gasteiger partial charge < -0.3 is 37.8 Å². The summed E-state index contributed by atoms with van der Waals surface area (Å²) in [5.74, 6) is -2.02. The van der Waals surface area contributed by atoms with E-state index in [0.717, 1.165) is 51.4 Å². The third kappa shape index (κ3) is 27.0. The van der Waals surface area contributed by atoms with E-state index in [1.165, 1.54) is 13.8 Å². The van der Waals surface area contributed by atoms with Gasteiger partial charge >= 0.3 is 29.8 Å². The summed E-state index contributed by atoms with van der Waals surface area (Å²) < 4.78 is 26.2. The number of ether oxygens (including phenoxy) is 5. The summed E-state index contributed by atoms with van der Waals surface area (Å²) in [6.45, 7) is 5.90. The number of aliphatic hydroxyl groups is 1. The van der Waals surface area contributed by atoms with Gasteiger partial charge in [0.2, 0.25) is 6.79 Å². The van der Waals surface area contributed by atoms with Crippen LogP contribution in [0.1, 0.15) is 97.8 Å². The molecule has 278 valence electrons. The molecule has 0 aliphatic carbocycles. The fourth-order valence-electron chi connectivity index (χ4n) is 4.71. The largest absolute Gasteiger partial charge is 0.460 e. The first kappa shape index (κ1) is 45.0. The van der Waals surface area contributed by atoms with Crippen LogP contribution in [0.3, 0.4) is 0 Å². The summed E-state index contributed by atoms with van der Waals surface area (Å²) in [4.78, 5) is 58.5. The van der Waals surface area contributed by atoms with E-state index in [2.05, 4.69) is 6.92 Å². The zero-order valence-corrected chi connectivity index (χ0v) is 30.7. The van der Waals surface area contributed by atoms with Gasteiger partial charge in [-0.2, -0.15) is 0 Å². The molecule has 0 fully saturated rings. The topological polar surface area (TPSA) is 152 Å². The smallest absolute Gasteiger partial charge is 0.364 e. The third-order valence-electron chi connectivity index (χ3n) is 7.66. The molecule has 0 aromatic heterocycles. The lowest BCUT2D eigenvalue weighted by atomic mass is 10.0.